The molecule has 0 aromatic carbocycles. The molecule has 0 aromatic heterocycles. The number of carbonyl (C=O) groups is 1. The van der Waals surface area contributed by atoms with Crippen molar-refractivity contribution in [3.63, 3.8) is 0 Å². The third kappa shape index (κ3) is 5.69. The van der Waals surface area contributed by atoms with Gasteiger partial charge in [-0.1, -0.05) is 19.3 Å². The highest BCUT2D eigenvalue weighted by Crippen LogP contribution is 2.17. The summed E-state index contributed by atoms with van der Waals surface area (Å²) in [7, 11) is 3.29. The molecule has 0 aromatic rings. The lowest BCUT2D eigenvalue weighted by molar-refractivity contribution is 0.120. The Morgan fingerprint density at radius 1 is 1.11 bits per heavy atom. The smallest absolute Gasteiger partial charge is 0.317 e. The molecule has 5 nitrogen and oxygen atoms in total. The maximum Gasteiger partial charge on any atom is 0.317 e. The number of rotatable bonds is 7. The summed E-state index contributed by atoms with van der Waals surface area (Å²) in [5.41, 5.74) is 0. The predicted octanol–water partition coefficient (Wildman–Crippen LogP) is 1.62. The first kappa shape index (κ1) is 15.2. The maximum atomic E-state index is 12.1. The Labute approximate surface area is 110 Å². The van der Waals surface area contributed by atoms with E-state index in [-0.39, 0.29) is 6.03 Å². The van der Waals surface area contributed by atoms with Crippen LogP contribution in [0, 0.1) is 0 Å². The molecule has 0 aliphatic heterocycles. The number of hydrogen-bond acceptors (Lipinski definition) is 3. The molecule has 0 unspecified atom stereocenters. The largest absolute Gasteiger partial charge is 0.383 e. The lowest BCUT2D eigenvalue weighted by atomic mass is 9.96. The highest BCUT2D eigenvalue weighted by molar-refractivity contribution is 5.74. The monoisotopic (exact) mass is 258 g/mol. The van der Waals surface area contributed by atoms with Crippen LogP contribution in [0.1, 0.15) is 32.1 Å². The number of methoxy groups -OCH3 is 2. The first-order chi connectivity index (χ1) is 8.77. The van der Waals surface area contributed by atoms with Crippen molar-refractivity contribution >= 4 is 6.03 Å². The second kappa shape index (κ2) is 9.16. The fourth-order valence-corrected chi connectivity index (χ4v) is 2.23. The molecule has 0 bridgehead atoms. The van der Waals surface area contributed by atoms with Crippen LogP contribution in [-0.2, 0) is 9.47 Å². The molecular weight excluding hydrogens is 232 g/mol. The number of ether oxygens (including phenoxy) is 2. The van der Waals surface area contributed by atoms with Gasteiger partial charge in [0, 0.05) is 33.4 Å². The molecule has 0 radical (unpaired) electrons. The molecule has 1 N–H and O–H groups in total. The average molecular weight is 258 g/mol. The van der Waals surface area contributed by atoms with Gasteiger partial charge in [0.25, 0.3) is 0 Å². The van der Waals surface area contributed by atoms with Crippen molar-refractivity contribution in [2.75, 3.05) is 40.5 Å². The summed E-state index contributed by atoms with van der Waals surface area (Å²) in [6.45, 7) is 2.33. The van der Waals surface area contributed by atoms with Crippen molar-refractivity contribution in [3.8, 4) is 0 Å². The molecule has 2 amide bonds. The molecule has 0 spiro atoms. The highest BCUT2D eigenvalue weighted by atomic mass is 16.5. The Hall–Kier alpha value is -0.810. The van der Waals surface area contributed by atoms with Crippen LogP contribution in [0.2, 0.25) is 0 Å². The minimum absolute atomic E-state index is 0.0102. The van der Waals surface area contributed by atoms with Gasteiger partial charge in [-0.15, -0.1) is 0 Å². The molecule has 1 aliphatic carbocycles. The summed E-state index contributed by atoms with van der Waals surface area (Å²) in [4.78, 5) is 13.9. The Morgan fingerprint density at radius 3 is 2.17 bits per heavy atom. The molecule has 0 heterocycles. The molecule has 0 saturated heterocycles. The van der Waals surface area contributed by atoms with Gasteiger partial charge in [0.1, 0.15) is 0 Å². The van der Waals surface area contributed by atoms with E-state index < -0.39 is 0 Å². The number of urea groups is 1. The number of carbonyl (C=O) groups excluding carboxylic acids is 1. The molecule has 18 heavy (non-hydrogen) atoms. The van der Waals surface area contributed by atoms with Gasteiger partial charge in [0.2, 0.25) is 0 Å². The number of hydrogen-bond donors (Lipinski definition) is 1. The van der Waals surface area contributed by atoms with Gasteiger partial charge in [-0.3, -0.25) is 0 Å². The molecule has 5 heteroatoms. The summed E-state index contributed by atoms with van der Waals surface area (Å²) in [6, 6.07) is 0.356. The minimum atomic E-state index is 0.0102. The van der Waals surface area contributed by atoms with Crippen LogP contribution in [0.4, 0.5) is 4.79 Å². The van der Waals surface area contributed by atoms with Crippen LogP contribution in [0.25, 0.3) is 0 Å². The summed E-state index contributed by atoms with van der Waals surface area (Å²) < 4.78 is 10.1. The lowest BCUT2D eigenvalue weighted by Gasteiger charge is -2.28. The third-order valence-electron chi connectivity index (χ3n) is 3.35. The third-order valence-corrected chi connectivity index (χ3v) is 3.35. The van der Waals surface area contributed by atoms with E-state index in [0.717, 1.165) is 12.8 Å². The highest BCUT2D eigenvalue weighted by Gasteiger charge is 2.19. The van der Waals surface area contributed by atoms with Crippen molar-refractivity contribution < 1.29 is 14.3 Å². The van der Waals surface area contributed by atoms with Gasteiger partial charge in [0.15, 0.2) is 0 Å². The first-order valence-corrected chi connectivity index (χ1v) is 6.81. The van der Waals surface area contributed by atoms with E-state index in [1.165, 1.54) is 19.3 Å². The Morgan fingerprint density at radius 2 is 1.67 bits per heavy atom. The van der Waals surface area contributed by atoms with E-state index in [1.54, 1.807) is 19.1 Å². The van der Waals surface area contributed by atoms with Crippen LogP contribution in [-0.4, -0.2) is 57.5 Å². The Bertz CT molecular complexity index is 222. The van der Waals surface area contributed by atoms with Crippen molar-refractivity contribution in [2.24, 2.45) is 0 Å². The quantitative estimate of drug-likeness (QED) is 0.755. The number of amides is 2. The van der Waals surface area contributed by atoms with E-state index in [4.69, 9.17) is 9.47 Å². The fraction of sp³-hybridized carbons (Fsp3) is 0.923. The minimum Gasteiger partial charge on any atom is -0.383 e. The summed E-state index contributed by atoms with van der Waals surface area (Å²) >= 11 is 0. The predicted molar refractivity (Wildman–Crippen MR) is 70.7 cm³/mol. The average Bonchev–Trinajstić information content (AvgIpc) is 2.40. The Kier molecular flexibility index (Phi) is 7.76. The second-order valence-corrected chi connectivity index (χ2v) is 4.76. The number of nitrogens with one attached hydrogen (secondary N) is 1. The van der Waals surface area contributed by atoms with Crippen LogP contribution in [0.15, 0.2) is 0 Å². The van der Waals surface area contributed by atoms with Gasteiger partial charge < -0.3 is 19.7 Å². The molecule has 1 rings (SSSR count). The lowest BCUT2D eigenvalue weighted by Crippen LogP contribution is -2.47. The molecule has 1 fully saturated rings. The number of nitrogens with zero attached hydrogens (tertiary/aromatic N) is 1. The summed E-state index contributed by atoms with van der Waals surface area (Å²) in [5, 5.41) is 3.11. The first-order valence-electron chi connectivity index (χ1n) is 6.81. The van der Waals surface area contributed by atoms with Crippen molar-refractivity contribution in [1.82, 2.24) is 10.2 Å². The summed E-state index contributed by atoms with van der Waals surface area (Å²) in [5.74, 6) is 0. The maximum absolute atomic E-state index is 12.1. The van der Waals surface area contributed by atoms with E-state index >= 15 is 0 Å². The van der Waals surface area contributed by atoms with E-state index in [2.05, 4.69) is 5.32 Å². The van der Waals surface area contributed by atoms with Crippen molar-refractivity contribution in [3.05, 3.63) is 0 Å². The van der Waals surface area contributed by atoms with Crippen LogP contribution < -0.4 is 5.32 Å². The van der Waals surface area contributed by atoms with Crippen molar-refractivity contribution in [2.45, 2.75) is 38.1 Å². The molecule has 1 saturated carbocycles. The van der Waals surface area contributed by atoms with Gasteiger partial charge >= 0.3 is 6.03 Å². The van der Waals surface area contributed by atoms with Crippen LogP contribution >= 0.6 is 0 Å². The molecule has 1 aliphatic rings. The topological polar surface area (TPSA) is 50.8 Å². The zero-order valence-electron chi connectivity index (χ0n) is 11.6. The van der Waals surface area contributed by atoms with E-state index in [1.807, 2.05) is 0 Å². The van der Waals surface area contributed by atoms with Gasteiger partial charge in [-0.05, 0) is 12.8 Å². The molecule has 106 valence electrons. The van der Waals surface area contributed by atoms with Gasteiger partial charge in [-0.25, -0.2) is 4.79 Å². The van der Waals surface area contributed by atoms with E-state index in [9.17, 15) is 4.79 Å². The van der Waals surface area contributed by atoms with Crippen LogP contribution in [0.3, 0.4) is 0 Å². The van der Waals surface area contributed by atoms with Gasteiger partial charge in [0.05, 0.1) is 13.2 Å². The van der Waals surface area contributed by atoms with Crippen LogP contribution in [0.5, 0.6) is 0 Å². The second-order valence-electron chi connectivity index (χ2n) is 4.76. The summed E-state index contributed by atoms with van der Waals surface area (Å²) in [6.07, 6.45) is 5.95. The normalized spacial score (nSPS) is 16.6. The van der Waals surface area contributed by atoms with E-state index in [0.29, 0.717) is 32.3 Å². The molecule has 0 atom stereocenters. The van der Waals surface area contributed by atoms with Crippen molar-refractivity contribution in [1.29, 1.82) is 0 Å². The fourth-order valence-electron chi connectivity index (χ4n) is 2.23. The SMILES string of the molecule is COCCN(CCOC)C(=O)NC1CCCCC1. The zero-order valence-corrected chi connectivity index (χ0v) is 11.6. The molecular formula is C13H26N2O3. The Balaban J connectivity index is 2.35. The van der Waals surface area contributed by atoms with Gasteiger partial charge in [-0.2, -0.15) is 0 Å². The zero-order chi connectivity index (χ0) is 13.2. The standard InChI is InChI=1S/C13H26N2O3/c1-17-10-8-15(9-11-18-2)13(16)14-12-6-4-3-5-7-12/h12H,3-11H2,1-2H3,(H,14,16).